The van der Waals surface area contributed by atoms with Crippen LogP contribution in [0.15, 0.2) is 170 Å². The normalized spacial score (nSPS) is 23.4. The van der Waals surface area contributed by atoms with Crippen LogP contribution >= 0.6 is 0 Å². The molecule has 139 heavy (non-hydrogen) atoms. The summed E-state index contributed by atoms with van der Waals surface area (Å²) < 4.78 is 40.8. The fourth-order valence-corrected chi connectivity index (χ4v) is 19.7. The van der Waals surface area contributed by atoms with E-state index in [1.54, 1.807) is 0 Å². The second-order valence-corrected chi connectivity index (χ2v) is 40.2. The van der Waals surface area contributed by atoms with Crippen LogP contribution in [0.5, 0.6) is 40.2 Å². The van der Waals surface area contributed by atoms with Crippen molar-refractivity contribution in [3.05, 3.63) is 209 Å². The molecule has 19 atom stereocenters. The minimum Gasteiger partial charge on any atom is -0.493 e. The van der Waals surface area contributed by atoms with Crippen LogP contribution < -0.4 is 38.9 Å². The van der Waals surface area contributed by atoms with Gasteiger partial charge in [-0.3, -0.25) is 0 Å². The van der Waals surface area contributed by atoms with E-state index in [9.17, 15) is 66.4 Å². The van der Waals surface area contributed by atoms with Gasteiger partial charge in [-0.15, -0.1) is 0 Å². The Morgan fingerprint density at radius 3 is 0.676 bits per heavy atom. The molecule has 0 radical (unpaired) electrons. The fraction of sp³-hybridized carbons (Fsp3) is 0.644. The first-order chi connectivity index (χ1) is 66.9. The van der Waals surface area contributed by atoms with E-state index in [1.165, 1.54) is 44.9 Å². The fourth-order valence-electron chi connectivity index (χ4n) is 19.7. The minimum absolute atomic E-state index is 0. The van der Waals surface area contributed by atoms with E-state index < -0.39 is 36.6 Å². The molecule has 21 nitrogen and oxygen atoms in total. The third kappa shape index (κ3) is 46.5. The molecule has 0 bridgehead atoms. The van der Waals surface area contributed by atoms with Gasteiger partial charge in [0.2, 0.25) is 0 Å². The highest BCUT2D eigenvalue weighted by atomic mass is 16.5. The van der Waals surface area contributed by atoms with Gasteiger partial charge >= 0.3 is 0 Å². The molecule has 0 aliphatic heterocycles. The van der Waals surface area contributed by atoms with Gasteiger partial charge in [-0.25, -0.2) is 0 Å². The molecule has 0 aromatic heterocycles. The highest BCUT2D eigenvalue weighted by Crippen LogP contribution is 2.37. The second-order valence-electron chi connectivity index (χ2n) is 40.2. The Morgan fingerprint density at radius 2 is 0.453 bits per heavy atom. The number of hydrogen-bond donors (Lipinski definition) is 14. The van der Waals surface area contributed by atoms with Crippen LogP contribution in [0.4, 0.5) is 0 Å². The van der Waals surface area contributed by atoms with E-state index in [-0.39, 0.29) is 62.0 Å². The van der Waals surface area contributed by atoms with Crippen molar-refractivity contribution in [3.8, 4) is 40.2 Å². The molecule has 1 unspecified atom stereocenters. The zero-order valence-corrected chi connectivity index (χ0v) is 84.6. The highest BCUT2D eigenvalue weighted by Gasteiger charge is 2.29. The number of hydrogen-bond acceptors (Lipinski definition) is 21. The molecule has 780 valence electrons. The molecule has 15 N–H and O–H groups in total. The van der Waals surface area contributed by atoms with E-state index in [2.05, 4.69) is 34.6 Å². The topological polar surface area (TPSA) is 354 Å². The van der Waals surface area contributed by atoms with Crippen molar-refractivity contribution >= 4 is 0 Å². The zero-order valence-electron chi connectivity index (χ0n) is 84.6. The van der Waals surface area contributed by atoms with E-state index in [0.29, 0.717) is 76.3 Å². The molecule has 7 aliphatic rings. The third-order valence-corrected chi connectivity index (χ3v) is 28.2. The predicted molar refractivity (Wildman–Crippen MR) is 558 cm³/mol. The molecular formula is C118H183NO20. The van der Waals surface area contributed by atoms with Crippen molar-refractivity contribution in [3.63, 3.8) is 0 Å². The number of aliphatic hydroxyl groups is 13. The first kappa shape index (κ1) is 119. The lowest BCUT2D eigenvalue weighted by Crippen LogP contribution is -2.29. The van der Waals surface area contributed by atoms with Gasteiger partial charge in [-0.1, -0.05) is 237 Å². The van der Waals surface area contributed by atoms with Gasteiger partial charge in [0.05, 0.1) is 126 Å². The number of benzene rings is 7. The number of ether oxygens (including phenoxy) is 7. The largest absolute Gasteiger partial charge is 0.493 e. The summed E-state index contributed by atoms with van der Waals surface area (Å²) in [5, 5.41) is 128. The number of rotatable bonds is 41. The van der Waals surface area contributed by atoms with Gasteiger partial charge in [0.15, 0.2) is 0 Å². The Hall–Kier alpha value is -7.42. The Labute approximate surface area is 835 Å². The Balaban J connectivity index is 0.000000220. The average Bonchev–Trinajstić information content (AvgIpc) is 0.905. The van der Waals surface area contributed by atoms with E-state index in [4.69, 9.17) is 38.9 Å². The summed E-state index contributed by atoms with van der Waals surface area (Å²) in [5.41, 5.74) is 11.9. The molecule has 0 spiro atoms. The SMILES string of the molecule is C.CCC(O)c1cccc(OCC2CCCCC2)c1.CCC[C@@H](O)c1cccc(OC[C@@H]2CCCC[C@@H]2O)c1.CCC[C@@H](O)c1cccc(OC[C@@H]2CCC[C@@H](O)C2)c1.CCC[C@@H](O)c1cccc(OC[C@H]2CCCC[C@@H]2O)c1.CCC[C@@H](O)c1cccc(OC[C@H]2CCC[C@@H](O)C2)c1.CCC[C@@H](O)c1cccc(OC[C@H]2CCC[C@H](O)C2)c1.NCC[C@@H](O)c1cccc(OC[C@@H]2CCC[C@H](O)C2)c1. The van der Waals surface area contributed by atoms with E-state index >= 15 is 0 Å². The van der Waals surface area contributed by atoms with Crippen LogP contribution in [0.2, 0.25) is 0 Å². The lowest BCUT2D eigenvalue weighted by atomic mass is 9.87. The summed E-state index contributed by atoms with van der Waals surface area (Å²) in [7, 11) is 0. The molecule has 7 saturated carbocycles. The Bertz CT molecular complexity index is 3910. The molecule has 7 fully saturated rings. The molecule has 21 heteroatoms. The van der Waals surface area contributed by atoms with Gasteiger partial charge in [-0.05, 0) is 321 Å². The minimum atomic E-state index is -0.528. The molecule has 7 aromatic carbocycles. The first-order valence-electron chi connectivity index (χ1n) is 53.6. The molecule has 0 saturated heterocycles. The maximum absolute atomic E-state index is 10.0. The lowest BCUT2D eigenvalue weighted by molar-refractivity contribution is 0.0419. The predicted octanol–water partition coefficient (Wildman–Crippen LogP) is 24.0. The summed E-state index contributed by atoms with van der Waals surface area (Å²) >= 11 is 0. The molecule has 7 aliphatic carbocycles. The molecular weight excluding hydrogens is 1750 g/mol. The van der Waals surface area contributed by atoms with Crippen molar-refractivity contribution in [2.75, 3.05) is 52.8 Å². The quantitative estimate of drug-likeness (QED) is 0.0169. The number of aliphatic hydroxyl groups excluding tert-OH is 13. The van der Waals surface area contributed by atoms with Crippen molar-refractivity contribution in [2.24, 2.45) is 47.2 Å². The molecule has 0 heterocycles. The van der Waals surface area contributed by atoms with Gasteiger partial charge in [-0.2, -0.15) is 0 Å². The zero-order chi connectivity index (χ0) is 99.0. The summed E-state index contributed by atoms with van der Waals surface area (Å²) in [4.78, 5) is 0. The standard InChI is InChI=1S/5C17H26O3.C16H25NO3.C16H24O2.CH4/c3*1-2-5-17(19)14-7-4-9-16(11-14)20-12-13-6-3-8-15(18)10-13;2*1-2-6-16(18)13-8-5-9-15(11-13)20-12-14-7-3-4-10-17(14)19;17-8-7-16(19)13-4-2-6-15(10-13)20-11-12-3-1-5-14(18)9-12;1-2-16(17)14-9-6-10-15(11-14)18-12-13-7-4-3-5-8-13;/h3*4,7,9,11,13,15,17-19H,2-3,5-6,8,10,12H2,1H3;2*5,8-9,11,14,16-19H,2-4,6-7,10,12H2,1H3;2,4,6,10,12,14,16,18-19H,1,3,5,7-9,11,17H2;6,9-11,13,16-17H,2-5,7-8,12H2,1H3;1H4/t13-,15+,17+;13-,15-,17+;13-,15-,17-;14-,16+,17-;14-,16-,17+;12-,14+,16-;;/m001011../s1. The van der Waals surface area contributed by atoms with Crippen LogP contribution in [0, 0.1) is 41.4 Å². The van der Waals surface area contributed by atoms with Crippen molar-refractivity contribution in [2.45, 2.75) is 392 Å². The first-order valence-corrected chi connectivity index (χ1v) is 53.6. The second kappa shape index (κ2) is 68.8. The highest BCUT2D eigenvalue weighted by molar-refractivity contribution is 5.35. The third-order valence-electron chi connectivity index (χ3n) is 28.2. The van der Waals surface area contributed by atoms with Gasteiger partial charge in [0.1, 0.15) is 40.2 Å². The maximum atomic E-state index is 10.0. The summed E-state index contributed by atoms with van der Waals surface area (Å²) in [6, 6.07) is 54.0. The summed E-state index contributed by atoms with van der Waals surface area (Å²) in [6.45, 7) is 17.3. The summed E-state index contributed by atoms with van der Waals surface area (Å²) in [5.74, 6) is 8.67. The van der Waals surface area contributed by atoms with Crippen molar-refractivity contribution in [1.29, 1.82) is 0 Å². The van der Waals surface area contributed by atoms with Gasteiger partial charge < -0.3 is 105 Å². The molecule has 14 rings (SSSR count). The van der Waals surface area contributed by atoms with Crippen LogP contribution in [0.25, 0.3) is 0 Å². The van der Waals surface area contributed by atoms with E-state index in [0.717, 1.165) is 304 Å². The van der Waals surface area contributed by atoms with Gasteiger partial charge in [0.25, 0.3) is 0 Å². The Kier molecular flexibility index (Phi) is 58.6. The average molecular weight is 1940 g/mol. The monoisotopic (exact) mass is 1930 g/mol. The van der Waals surface area contributed by atoms with Crippen molar-refractivity contribution in [1.82, 2.24) is 0 Å². The van der Waals surface area contributed by atoms with Crippen LogP contribution in [-0.2, 0) is 0 Å². The summed E-state index contributed by atoms with van der Waals surface area (Å²) in [6.07, 6.45) is 37.0. The molecule has 0 amide bonds. The van der Waals surface area contributed by atoms with E-state index in [1.807, 2.05) is 177 Å². The van der Waals surface area contributed by atoms with Crippen LogP contribution in [0.1, 0.15) is 394 Å². The van der Waals surface area contributed by atoms with Crippen molar-refractivity contribution < 1.29 is 99.5 Å². The lowest BCUT2D eigenvalue weighted by Gasteiger charge is -2.27. The van der Waals surface area contributed by atoms with Crippen LogP contribution in [-0.4, -0.2) is 156 Å². The van der Waals surface area contributed by atoms with Gasteiger partial charge in [0, 0.05) is 11.8 Å². The number of nitrogens with two attached hydrogens (primary N) is 1. The van der Waals surface area contributed by atoms with Crippen LogP contribution in [0.3, 0.4) is 0 Å². The maximum Gasteiger partial charge on any atom is 0.119 e. The smallest absolute Gasteiger partial charge is 0.119 e. The molecule has 7 aromatic rings. The Morgan fingerprint density at radius 1 is 0.245 bits per heavy atom.